The van der Waals surface area contributed by atoms with E-state index in [1.54, 1.807) is 36.9 Å². The van der Waals surface area contributed by atoms with Gasteiger partial charge < -0.3 is 9.67 Å². The quantitative estimate of drug-likeness (QED) is 0.875. The molecule has 0 unspecified atom stereocenters. The summed E-state index contributed by atoms with van der Waals surface area (Å²) in [5.74, 6) is -1.02. The van der Waals surface area contributed by atoms with Gasteiger partial charge in [-0.05, 0) is 19.4 Å². The van der Waals surface area contributed by atoms with E-state index in [4.69, 9.17) is 0 Å². The lowest BCUT2D eigenvalue weighted by molar-refractivity contribution is 0.0698. The molecule has 0 spiro atoms. The highest BCUT2D eigenvalue weighted by Gasteiger charge is 2.24. The summed E-state index contributed by atoms with van der Waals surface area (Å²) in [7, 11) is 1.79. The zero-order chi connectivity index (χ0) is 15.6. The molecule has 0 aliphatic rings. The summed E-state index contributed by atoms with van der Waals surface area (Å²) in [5.41, 5.74) is 3.12. The molecule has 0 atom stereocenters. The number of aryl methyl sites for hydroxylation is 2. The van der Waals surface area contributed by atoms with Gasteiger partial charge in [0.25, 0.3) is 0 Å². The van der Waals surface area contributed by atoms with Crippen molar-refractivity contribution in [3.05, 3.63) is 54.0 Å². The molecule has 2 heterocycles. The van der Waals surface area contributed by atoms with Crippen LogP contribution in [-0.4, -0.2) is 25.6 Å². The maximum Gasteiger partial charge on any atom is 0.340 e. The molecule has 1 N–H and O–H groups in total. The van der Waals surface area contributed by atoms with Gasteiger partial charge in [0, 0.05) is 7.05 Å². The molecule has 0 saturated heterocycles. The number of allylic oxidation sites excluding steroid dienone is 5. The maximum atomic E-state index is 11.7. The Morgan fingerprint density at radius 1 is 1.48 bits per heavy atom. The van der Waals surface area contributed by atoms with Crippen molar-refractivity contribution in [3.63, 3.8) is 0 Å². The van der Waals surface area contributed by atoms with Crippen LogP contribution in [0.1, 0.15) is 28.7 Å². The van der Waals surface area contributed by atoms with Crippen LogP contribution >= 0.6 is 0 Å². The van der Waals surface area contributed by atoms with E-state index < -0.39 is 5.97 Å². The fourth-order valence-corrected chi connectivity index (χ4v) is 2.33. The Kier molecular flexibility index (Phi) is 4.03. The number of hydrogen-bond acceptors (Lipinski definition) is 3. The number of aromatic nitrogens is 3. The predicted molar refractivity (Wildman–Crippen MR) is 83.2 cm³/mol. The number of rotatable bonds is 4. The summed E-state index contributed by atoms with van der Waals surface area (Å²) in [4.78, 5) is 20.4. The van der Waals surface area contributed by atoms with Gasteiger partial charge >= 0.3 is 5.97 Å². The number of aromatic carboxylic acids is 1. The Morgan fingerprint density at radius 3 is 2.76 bits per heavy atom. The third-order valence-electron chi connectivity index (χ3n) is 3.13. The van der Waals surface area contributed by atoms with Crippen LogP contribution in [0.15, 0.2) is 37.1 Å². The topological polar surface area (TPSA) is 68.0 Å². The molecule has 0 fully saturated rings. The lowest BCUT2D eigenvalue weighted by Gasteiger charge is -2.06. The van der Waals surface area contributed by atoms with Crippen molar-refractivity contribution in [1.29, 1.82) is 0 Å². The van der Waals surface area contributed by atoms with Crippen LogP contribution < -0.4 is 0 Å². The van der Waals surface area contributed by atoms with Gasteiger partial charge in [0.15, 0.2) is 5.65 Å². The number of fused-ring (bicyclic) bond motifs is 1. The van der Waals surface area contributed by atoms with Gasteiger partial charge in [-0.1, -0.05) is 30.9 Å². The van der Waals surface area contributed by atoms with Crippen molar-refractivity contribution < 1.29 is 9.90 Å². The van der Waals surface area contributed by atoms with Crippen LogP contribution in [0.2, 0.25) is 0 Å². The first-order valence-corrected chi connectivity index (χ1v) is 6.52. The third-order valence-corrected chi connectivity index (χ3v) is 3.13. The summed E-state index contributed by atoms with van der Waals surface area (Å²) in [6.07, 6.45) is 8.72. The Balaban J connectivity index is 2.93. The van der Waals surface area contributed by atoms with Crippen LogP contribution in [0.5, 0.6) is 0 Å². The molecule has 2 aromatic rings. The zero-order valence-corrected chi connectivity index (χ0v) is 12.3. The number of nitrogens with zero attached hydrogens (tertiary/aromatic N) is 3. The van der Waals surface area contributed by atoms with Gasteiger partial charge in [0.05, 0.1) is 17.6 Å². The molecule has 0 aliphatic carbocycles. The maximum absolute atomic E-state index is 11.7. The standard InChI is InChI=1S/C16H17N3O2/c1-5-7-11(8-6-2)14-12(16(20)21)13-15(19(14)4)17-9-10(3)18-13/h5-9H,1H2,2-4H3,(H,20,21)/b8-6-,11-7+. The van der Waals surface area contributed by atoms with Crippen molar-refractivity contribution in [1.82, 2.24) is 14.5 Å². The lowest BCUT2D eigenvalue weighted by atomic mass is 10.1. The average molecular weight is 283 g/mol. The van der Waals surface area contributed by atoms with Crippen molar-refractivity contribution in [2.45, 2.75) is 13.8 Å². The van der Waals surface area contributed by atoms with Crippen LogP contribution in [0.3, 0.4) is 0 Å². The number of carboxylic acid groups (broad SMARTS) is 1. The Morgan fingerprint density at radius 2 is 2.19 bits per heavy atom. The van der Waals surface area contributed by atoms with Crippen LogP contribution in [0, 0.1) is 6.92 Å². The van der Waals surface area contributed by atoms with Crippen molar-refractivity contribution in [2.75, 3.05) is 0 Å². The highest BCUT2D eigenvalue weighted by molar-refractivity contribution is 6.06. The molecule has 0 aliphatic heterocycles. The zero-order valence-electron chi connectivity index (χ0n) is 12.3. The average Bonchev–Trinajstić information content (AvgIpc) is 2.71. The fraction of sp³-hybridized carbons (Fsp3) is 0.188. The molecular formula is C16H17N3O2. The molecule has 0 radical (unpaired) electrons. The monoisotopic (exact) mass is 283 g/mol. The van der Waals surface area contributed by atoms with Gasteiger partial charge in [-0.25, -0.2) is 14.8 Å². The van der Waals surface area contributed by atoms with E-state index in [9.17, 15) is 9.90 Å². The first kappa shape index (κ1) is 14.7. The third kappa shape index (κ3) is 2.50. The molecule has 2 rings (SSSR count). The number of carbonyl (C=O) groups is 1. The molecule has 0 saturated carbocycles. The summed E-state index contributed by atoms with van der Waals surface area (Å²) in [6.45, 7) is 7.35. The lowest BCUT2D eigenvalue weighted by Crippen LogP contribution is -2.03. The van der Waals surface area contributed by atoms with Crippen LogP contribution in [0.25, 0.3) is 16.7 Å². The molecule has 0 amide bonds. The minimum absolute atomic E-state index is 0.162. The minimum atomic E-state index is -1.02. The van der Waals surface area contributed by atoms with E-state index in [2.05, 4.69) is 16.5 Å². The number of hydrogen-bond donors (Lipinski definition) is 1. The first-order valence-electron chi connectivity index (χ1n) is 6.52. The van der Waals surface area contributed by atoms with Crippen LogP contribution in [-0.2, 0) is 7.05 Å². The van der Waals surface area contributed by atoms with Gasteiger partial charge in [-0.3, -0.25) is 0 Å². The summed E-state index contributed by atoms with van der Waals surface area (Å²) >= 11 is 0. The molecule has 5 heteroatoms. The molecule has 2 aromatic heterocycles. The van der Waals surface area contributed by atoms with Gasteiger partial charge in [-0.15, -0.1) is 0 Å². The number of carboxylic acids is 1. The van der Waals surface area contributed by atoms with Crippen molar-refractivity contribution >= 4 is 22.7 Å². The van der Waals surface area contributed by atoms with E-state index in [-0.39, 0.29) is 5.56 Å². The Labute approximate surface area is 123 Å². The molecule has 0 aromatic carbocycles. The fourth-order valence-electron chi connectivity index (χ4n) is 2.33. The van der Waals surface area contributed by atoms with Gasteiger partial charge in [-0.2, -0.15) is 0 Å². The van der Waals surface area contributed by atoms with Crippen molar-refractivity contribution in [3.8, 4) is 0 Å². The first-order chi connectivity index (χ1) is 10.0. The Bertz CT molecular complexity index is 782. The second kappa shape index (κ2) is 5.75. The predicted octanol–water partition coefficient (Wildman–Crippen LogP) is 3.12. The second-order valence-electron chi connectivity index (χ2n) is 4.63. The van der Waals surface area contributed by atoms with Gasteiger partial charge in [0.1, 0.15) is 11.1 Å². The van der Waals surface area contributed by atoms with Crippen molar-refractivity contribution in [2.24, 2.45) is 7.05 Å². The molecule has 21 heavy (non-hydrogen) atoms. The largest absolute Gasteiger partial charge is 0.478 e. The summed E-state index contributed by atoms with van der Waals surface area (Å²) in [5, 5.41) is 9.59. The molecule has 5 nitrogen and oxygen atoms in total. The van der Waals surface area contributed by atoms with E-state index in [1.807, 2.05) is 19.1 Å². The summed E-state index contributed by atoms with van der Waals surface area (Å²) in [6, 6.07) is 0. The highest BCUT2D eigenvalue weighted by Crippen LogP contribution is 2.29. The second-order valence-corrected chi connectivity index (χ2v) is 4.63. The molecule has 108 valence electrons. The van der Waals surface area contributed by atoms with Gasteiger partial charge in [0.2, 0.25) is 0 Å². The van der Waals surface area contributed by atoms with E-state index >= 15 is 0 Å². The van der Waals surface area contributed by atoms with E-state index in [0.29, 0.717) is 22.6 Å². The Hall–Kier alpha value is -2.69. The summed E-state index contributed by atoms with van der Waals surface area (Å²) < 4.78 is 1.75. The molecule has 0 bridgehead atoms. The minimum Gasteiger partial charge on any atom is -0.478 e. The van der Waals surface area contributed by atoms with E-state index in [0.717, 1.165) is 5.57 Å². The highest BCUT2D eigenvalue weighted by atomic mass is 16.4. The smallest absolute Gasteiger partial charge is 0.340 e. The SMILES string of the molecule is C=C/C=C(\C=C/C)c1c(C(=O)O)c2nc(C)cnc2n1C. The molecular weight excluding hydrogens is 266 g/mol. The van der Waals surface area contributed by atoms with Crippen LogP contribution in [0.4, 0.5) is 0 Å². The normalized spacial score (nSPS) is 12.2. The van der Waals surface area contributed by atoms with E-state index in [1.165, 1.54) is 0 Å².